The number of anilines is 1. The Morgan fingerprint density at radius 2 is 1.95 bits per heavy atom. The van der Waals surface area contributed by atoms with E-state index in [2.05, 4.69) is 16.8 Å². The molecule has 0 radical (unpaired) electrons. The average molecular weight is 277 g/mol. The number of nitrogens with two attached hydrogens (primary N) is 1. The molecule has 1 heterocycles. The van der Waals surface area contributed by atoms with Crippen LogP contribution in [0.25, 0.3) is 0 Å². The molecule has 110 valence electrons. The van der Waals surface area contributed by atoms with Gasteiger partial charge in [-0.3, -0.25) is 9.69 Å². The van der Waals surface area contributed by atoms with Crippen LogP contribution in [0.1, 0.15) is 5.56 Å². The Bertz CT molecular complexity index is 442. The summed E-state index contributed by atoms with van der Waals surface area (Å²) in [4.78, 5) is 16.4. The molecule has 1 aliphatic rings. The third-order valence-electron chi connectivity index (χ3n) is 3.66. The maximum atomic E-state index is 11.8. The van der Waals surface area contributed by atoms with Crippen molar-refractivity contribution >= 4 is 11.7 Å². The van der Waals surface area contributed by atoms with E-state index < -0.39 is 0 Å². The zero-order valence-electron chi connectivity index (χ0n) is 12.0. The van der Waals surface area contributed by atoms with E-state index in [-0.39, 0.29) is 12.4 Å². The molecule has 0 saturated carbocycles. The molecular weight excluding hydrogens is 254 g/mol. The van der Waals surface area contributed by atoms with E-state index >= 15 is 0 Å². The minimum absolute atomic E-state index is 0.211. The fourth-order valence-corrected chi connectivity index (χ4v) is 2.26. The fourth-order valence-electron chi connectivity index (χ4n) is 2.26. The van der Waals surface area contributed by atoms with Crippen LogP contribution < -0.4 is 5.73 Å². The van der Waals surface area contributed by atoms with Gasteiger partial charge in [-0.25, -0.2) is 0 Å². The smallest absolute Gasteiger partial charge is 0.310 e. The Balaban J connectivity index is 1.67. The van der Waals surface area contributed by atoms with Crippen LogP contribution in [0.3, 0.4) is 0 Å². The maximum Gasteiger partial charge on any atom is 0.310 e. The summed E-state index contributed by atoms with van der Waals surface area (Å²) in [5, 5.41) is 0. The van der Waals surface area contributed by atoms with Crippen molar-refractivity contribution in [1.82, 2.24) is 9.80 Å². The highest BCUT2D eigenvalue weighted by Crippen LogP contribution is 2.11. The van der Waals surface area contributed by atoms with Crippen LogP contribution in [0, 0.1) is 0 Å². The highest BCUT2D eigenvalue weighted by atomic mass is 16.5. The first kappa shape index (κ1) is 14.8. The Morgan fingerprint density at radius 1 is 1.25 bits per heavy atom. The number of nitrogen functional groups attached to an aromatic ring is 1. The summed E-state index contributed by atoms with van der Waals surface area (Å²) in [5.41, 5.74) is 7.28. The van der Waals surface area contributed by atoms with Crippen molar-refractivity contribution < 1.29 is 9.53 Å². The summed E-state index contributed by atoms with van der Waals surface area (Å²) in [5.74, 6) is -0.211. The van der Waals surface area contributed by atoms with Gasteiger partial charge in [-0.05, 0) is 18.7 Å². The normalized spacial score (nSPS) is 17.1. The van der Waals surface area contributed by atoms with Crippen molar-refractivity contribution in [2.45, 2.75) is 6.42 Å². The van der Waals surface area contributed by atoms with Gasteiger partial charge in [0, 0.05) is 38.4 Å². The van der Waals surface area contributed by atoms with Crippen molar-refractivity contribution in [2.75, 3.05) is 52.1 Å². The minimum atomic E-state index is -0.211. The number of carbonyl (C=O) groups excluding carboxylic acids is 1. The van der Waals surface area contributed by atoms with E-state index in [1.807, 2.05) is 18.2 Å². The predicted octanol–water partition coefficient (Wildman–Crippen LogP) is 0.602. The molecule has 0 bridgehead atoms. The van der Waals surface area contributed by atoms with Crippen LogP contribution in [0.15, 0.2) is 24.3 Å². The maximum absolute atomic E-state index is 11.8. The first-order chi connectivity index (χ1) is 9.65. The molecule has 1 saturated heterocycles. The Morgan fingerprint density at radius 3 is 2.65 bits per heavy atom. The lowest BCUT2D eigenvalue weighted by Gasteiger charge is -2.32. The second-order valence-corrected chi connectivity index (χ2v) is 5.24. The van der Waals surface area contributed by atoms with E-state index in [4.69, 9.17) is 10.5 Å². The van der Waals surface area contributed by atoms with Gasteiger partial charge in [-0.15, -0.1) is 0 Å². The summed E-state index contributed by atoms with van der Waals surface area (Å²) >= 11 is 0. The molecule has 1 aromatic carbocycles. The number of piperazine rings is 1. The monoisotopic (exact) mass is 277 g/mol. The molecule has 2 N–H and O–H groups in total. The third-order valence-corrected chi connectivity index (χ3v) is 3.66. The zero-order valence-corrected chi connectivity index (χ0v) is 12.0. The van der Waals surface area contributed by atoms with Crippen molar-refractivity contribution in [3.05, 3.63) is 29.8 Å². The number of esters is 1. The van der Waals surface area contributed by atoms with Gasteiger partial charge < -0.3 is 15.4 Å². The Hall–Kier alpha value is -1.59. The van der Waals surface area contributed by atoms with Crippen molar-refractivity contribution in [1.29, 1.82) is 0 Å². The van der Waals surface area contributed by atoms with Gasteiger partial charge in [0.15, 0.2) is 0 Å². The molecule has 1 fully saturated rings. The van der Waals surface area contributed by atoms with Crippen LogP contribution in [0.4, 0.5) is 5.69 Å². The van der Waals surface area contributed by atoms with E-state index in [0.29, 0.717) is 12.3 Å². The van der Waals surface area contributed by atoms with Crippen LogP contribution in [-0.2, 0) is 16.0 Å². The molecule has 0 aliphatic carbocycles. The number of hydrogen-bond donors (Lipinski definition) is 1. The van der Waals surface area contributed by atoms with E-state index in [0.717, 1.165) is 38.3 Å². The van der Waals surface area contributed by atoms with E-state index in [9.17, 15) is 4.79 Å². The largest absolute Gasteiger partial charge is 0.464 e. The van der Waals surface area contributed by atoms with Gasteiger partial charge in [-0.2, -0.15) is 0 Å². The van der Waals surface area contributed by atoms with E-state index in [1.165, 1.54) is 0 Å². The first-order valence-electron chi connectivity index (χ1n) is 7.05. The van der Waals surface area contributed by atoms with Crippen LogP contribution in [0.2, 0.25) is 0 Å². The summed E-state index contributed by atoms with van der Waals surface area (Å²) in [6, 6.07) is 7.39. The van der Waals surface area contributed by atoms with Gasteiger partial charge in [0.1, 0.15) is 6.61 Å². The number of hydrogen-bond acceptors (Lipinski definition) is 5. The second kappa shape index (κ2) is 7.26. The average Bonchev–Trinajstić information content (AvgIpc) is 2.44. The standard InChI is InChI=1S/C15H23N3O2/c1-17-6-8-18(9-7-17)10-11-20-15(19)12-13-4-2-3-5-14(13)16/h2-5H,6-12,16H2,1H3. The molecule has 0 atom stereocenters. The predicted molar refractivity (Wildman–Crippen MR) is 79.5 cm³/mol. The number of rotatable bonds is 5. The van der Waals surface area contributed by atoms with Crippen LogP contribution >= 0.6 is 0 Å². The highest BCUT2D eigenvalue weighted by molar-refractivity contribution is 5.74. The molecule has 1 aromatic rings. The lowest BCUT2D eigenvalue weighted by Crippen LogP contribution is -2.45. The summed E-state index contributed by atoms with van der Waals surface area (Å²) in [6.07, 6.45) is 0.245. The van der Waals surface area contributed by atoms with Gasteiger partial charge >= 0.3 is 5.97 Å². The second-order valence-electron chi connectivity index (χ2n) is 5.24. The van der Waals surface area contributed by atoms with Gasteiger partial charge in [-0.1, -0.05) is 18.2 Å². The number of likely N-dealkylation sites (N-methyl/N-ethyl adjacent to an activating group) is 1. The number of nitrogens with zero attached hydrogens (tertiary/aromatic N) is 2. The lowest BCUT2D eigenvalue weighted by atomic mass is 10.1. The molecule has 0 amide bonds. The lowest BCUT2D eigenvalue weighted by molar-refractivity contribution is -0.143. The molecular formula is C15H23N3O2. The highest BCUT2D eigenvalue weighted by Gasteiger charge is 2.14. The van der Waals surface area contributed by atoms with Crippen LogP contribution in [0.5, 0.6) is 0 Å². The number of para-hydroxylation sites is 1. The number of benzene rings is 1. The summed E-state index contributed by atoms with van der Waals surface area (Å²) < 4.78 is 5.28. The molecule has 0 unspecified atom stereocenters. The van der Waals surface area contributed by atoms with E-state index in [1.54, 1.807) is 6.07 Å². The number of ether oxygens (including phenoxy) is 1. The third kappa shape index (κ3) is 4.51. The quantitative estimate of drug-likeness (QED) is 0.631. The van der Waals surface area contributed by atoms with Gasteiger partial charge in [0.2, 0.25) is 0 Å². The molecule has 1 aliphatic heterocycles. The first-order valence-corrected chi connectivity index (χ1v) is 7.05. The minimum Gasteiger partial charge on any atom is -0.464 e. The molecule has 20 heavy (non-hydrogen) atoms. The Kier molecular flexibility index (Phi) is 5.38. The zero-order chi connectivity index (χ0) is 14.4. The number of carbonyl (C=O) groups is 1. The van der Waals surface area contributed by atoms with Crippen molar-refractivity contribution in [3.63, 3.8) is 0 Å². The topological polar surface area (TPSA) is 58.8 Å². The van der Waals surface area contributed by atoms with Crippen LogP contribution in [-0.4, -0.2) is 62.1 Å². The molecule has 5 heteroatoms. The molecule has 0 spiro atoms. The SMILES string of the molecule is CN1CCN(CCOC(=O)Cc2ccccc2N)CC1. The van der Waals surface area contributed by atoms with Crippen molar-refractivity contribution in [2.24, 2.45) is 0 Å². The van der Waals surface area contributed by atoms with Crippen molar-refractivity contribution in [3.8, 4) is 0 Å². The van der Waals surface area contributed by atoms with Gasteiger partial charge in [0.05, 0.1) is 6.42 Å². The Labute approximate surface area is 120 Å². The fraction of sp³-hybridized carbons (Fsp3) is 0.533. The van der Waals surface area contributed by atoms with Gasteiger partial charge in [0.25, 0.3) is 0 Å². The summed E-state index contributed by atoms with van der Waals surface area (Å²) in [7, 11) is 2.13. The summed E-state index contributed by atoms with van der Waals surface area (Å²) in [6.45, 7) is 5.50. The molecule has 0 aromatic heterocycles. The molecule has 5 nitrogen and oxygen atoms in total. The molecule has 2 rings (SSSR count).